The molecular formula is C12H15N3O3. The summed E-state index contributed by atoms with van der Waals surface area (Å²) in [5.74, 6) is -0.152. The lowest BCUT2D eigenvalue weighted by Crippen LogP contribution is -2.57. The molecule has 1 aliphatic rings. The maximum absolute atomic E-state index is 11.8. The largest absolute Gasteiger partial charge is 0.508 e. The van der Waals surface area contributed by atoms with Gasteiger partial charge in [-0.1, -0.05) is 18.2 Å². The van der Waals surface area contributed by atoms with Crippen LogP contribution in [-0.4, -0.2) is 36.1 Å². The maximum Gasteiger partial charge on any atom is 0.239 e. The monoisotopic (exact) mass is 249 g/mol. The Balaban J connectivity index is 1.85. The Bertz CT molecular complexity index is 452. The summed E-state index contributed by atoms with van der Waals surface area (Å²) in [4.78, 5) is 22.7. The highest BCUT2D eigenvalue weighted by Gasteiger charge is 2.23. The minimum Gasteiger partial charge on any atom is -0.508 e. The van der Waals surface area contributed by atoms with Crippen LogP contribution in [0.25, 0.3) is 0 Å². The molecule has 0 spiro atoms. The summed E-state index contributed by atoms with van der Waals surface area (Å²) in [6, 6.07) is 6.40. The molecule has 1 aromatic rings. The van der Waals surface area contributed by atoms with Gasteiger partial charge in [0.1, 0.15) is 11.8 Å². The first-order chi connectivity index (χ1) is 8.66. The van der Waals surface area contributed by atoms with Gasteiger partial charge >= 0.3 is 0 Å². The Morgan fingerprint density at radius 1 is 1.44 bits per heavy atom. The van der Waals surface area contributed by atoms with E-state index in [1.165, 1.54) is 0 Å². The normalized spacial score (nSPS) is 19.1. The van der Waals surface area contributed by atoms with E-state index in [0.717, 1.165) is 0 Å². The van der Waals surface area contributed by atoms with Crippen molar-refractivity contribution in [2.75, 3.05) is 13.1 Å². The van der Waals surface area contributed by atoms with Gasteiger partial charge in [0.05, 0.1) is 6.54 Å². The lowest BCUT2D eigenvalue weighted by Gasteiger charge is -2.23. The number of phenolic OH excluding ortho intramolecular Hbond substituents is 1. The molecule has 96 valence electrons. The van der Waals surface area contributed by atoms with Crippen LogP contribution in [0.1, 0.15) is 5.56 Å². The summed E-state index contributed by atoms with van der Waals surface area (Å²) in [5, 5.41) is 17.7. The minimum atomic E-state index is -0.423. The quantitative estimate of drug-likeness (QED) is 0.558. The van der Waals surface area contributed by atoms with E-state index in [2.05, 4.69) is 16.0 Å². The van der Waals surface area contributed by atoms with Gasteiger partial charge in [-0.15, -0.1) is 0 Å². The number of phenols is 1. The number of aromatic hydroxyl groups is 1. The van der Waals surface area contributed by atoms with Crippen molar-refractivity contribution in [2.24, 2.45) is 0 Å². The molecule has 2 rings (SSSR count). The zero-order chi connectivity index (χ0) is 13.0. The zero-order valence-electron chi connectivity index (χ0n) is 9.77. The second-order valence-corrected chi connectivity index (χ2v) is 4.08. The van der Waals surface area contributed by atoms with Crippen molar-refractivity contribution in [2.45, 2.75) is 12.6 Å². The average molecular weight is 249 g/mol. The first-order valence-corrected chi connectivity index (χ1v) is 5.71. The molecule has 0 bridgehead atoms. The lowest BCUT2D eigenvalue weighted by molar-refractivity contribution is -0.126. The number of carbonyl (C=O) groups is 2. The number of para-hydroxylation sites is 1. The fourth-order valence-electron chi connectivity index (χ4n) is 1.72. The van der Waals surface area contributed by atoms with E-state index in [1.807, 2.05) is 0 Å². The number of carbonyl (C=O) groups excluding carboxylic acids is 2. The summed E-state index contributed by atoms with van der Waals surface area (Å²) in [5.41, 5.74) is 0.658. The first-order valence-electron chi connectivity index (χ1n) is 5.71. The molecule has 1 atom stereocenters. The Kier molecular flexibility index (Phi) is 3.78. The number of benzene rings is 1. The third-order valence-electron chi connectivity index (χ3n) is 2.77. The Morgan fingerprint density at radius 2 is 2.22 bits per heavy atom. The summed E-state index contributed by atoms with van der Waals surface area (Å²) in [6.45, 7) is 0.692. The highest BCUT2D eigenvalue weighted by molar-refractivity contribution is 5.86. The molecule has 0 saturated carbocycles. The van der Waals surface area contributed by atoms with Gasteiger partial charge in [0.15, 0.2) is 0 Å². The molecule has 18 heavy (non-hydrogen) atoms. The number of hydrogen-bond acceptors (Lipinski definition) is 4. The van der Waals surface area contributed by atoms with Crippen LogP contribution >= 0.6 is 0 Å². The maximum atomic E-state index is 11.8. The molecule has 0 radical (unpaired) electrons. The number of hydrogen-bond donors (Lipinski definition) is 4. The third-order valence-corrected chi connectivity index (χ3v) is 2.77. The van der Waals surface area contributed by atoms with Crippen molar-refractivity contribution >= 4 is 11.8 Å². The lowest BCUT2D eigenvalue weighted by atomic mass is 10.2. The van der Waals surface area contributed by atoms with Crippen molar-refractivity contribution in [3.05, 3.63) is 29.8 Å². The smallest absolute Gasteiger partial charge is 0.239 e. The zero-order valence-corrected chi connectivity index (χ0v) is 9.77. The van der Waals surface area contributed by atoms with Gasteiger partial charge in [0.25, 0.3) is 0 Å². The predicted octanol–water partition coefficient (Wildman–Crippen LogP) is -0.904. The molecule has 1 aromatic carbocycles. The number of nitrogens with one attached hydrogen (secondary N) is 3. The molecular weight excluding hydrogens is 234 g/mol. The highest BCUT2D eigenvalue weighted by Crippen LogP contribution is 2.14. The van der Waals surface area contributed by atoms with Crippen LogP contribution in [0.5, 0.6) is 5.75 Å². The molecule has 0 aliphatic carbocycles. The van der Waals surface area contributed by atoms with Gasteiger partial charge in [-0.2, -0.15) is 0 Å². The molecule has 0 aromatic heterocycles. The van der Waals surface area contributed by atoms with Gasteiger partial charge in [-0.25, -0.2) is 0 Å². The third kappa shape index (κ3) is 2.98. The molecule has 1 fully saturated rings. The first kappa shape index (κ1) is 12.4. The van der Waals surface area contributed by atoms with Gasteiger partial charge in [-0.3, -0.25) is 14.9 Å². The van der Waals surface area contributed by atoms with Crippen LogP contribution in [0, 0.1) is 0 Å². The second-order valence-electron chi connectivity index (χ2n) is 4.08. The topological polar surface area (TPSA) is 90.5 Å². The van der Waals surface area contributed by atoms with E-state index in [-0.39, 0.29) is 37.2 Å². The van der Waals surface area contributed by atoms with E-state index in [1.54, 1.807) is 24.3 Å². The van der Waals surface area contributed by atoms with Crippen molar-refractivity contribution in [3.8, 4) is 5.75 Å². The van der Waals surface area contributed by atoms with Crippen molar-refractivity contribution < 1.29 is 14.7 Å². The van der Waals surface area contributed by atoms with E-state index in [0.29, 0.717) is 5.56 Å². The fourth-order valence-corrected chi connectivity index (χ4v) is 1.72. The second kappa shape index (κ2) is 5.50. The summed E-state index contributed by atoms with van der Waals surface area (Å²) in [6.07, 6.45) is 0. The van der Waals surface area contributed by atoms with E-state index < -0.39 is 6.04 Å². The van der Waals surface area contributed by atoms with E-state index in [4.69, 9.17) is 0 Å². The van der Waals surface area contributed by atoms with Crippen molar-refractivity contribution in [1.82, 2.24) is 16.0 Å². The standard InChI is InChI=1S/C12H15N3O3/c16-10-4-2-1-3-8(10)5-15-12(18)9-6-14-11(17)7-13-9/h1-4,9,13,16H,5-7H2,(H,14,17)(H,15,18). The van der Waals surface area contributed by atoms with Gasteiger partial charge < -0.3 is 15.7 Å². The number of rotatable bonds is 3. The molecule has 1 unspecified atom stereocenters. The average Bonchev–Trinajstić information content (AvgIpc) is 2.38. The molecule has 1 saturated heterocycles. The van der Waals surface area contributed by atoms with Crippen LogP contribution in [0.15, 0.2) is 24.3 Å². The van der Waals surface area contributed by atoms with Crippen molar-refractivity contribution in [1.29, 1.82) is 0 Å². The van der Waals surface area contributed by atoms with Crippen LogP contribution in [0.4, 0.5) is 0 Å². The molecule has 6 heteroatoms. The van der Waals surface area contributed by atoms with Gasteiger partial charge in [-0.05, 0) is 6.07 Å². The Morgan fingerprint density at radius 3 is 2.89 bits per heavy atom. The number of amides is 2. The number of piperazine rings is 1. The molecule has 4 N–H and O–H groups in total. The minimum absolute atomic E-state index is 0.111. The van der Waals surface area contributed by atoms with Gasteiger partial charge in [0.2, 0.25) is 11.8 Å². The van der Waals surface area contributed by atoms with Crippen LogP contribution in [0.3, 0.4) is 0 Å². The summed E-state index contributed by atoms with van der Waals surface area (Å²) in [7, 11) is 0. The van der Waals surface area contributed by atoms with Crippen molar-refractivity contribution in [3.63, 3.8) is 0 Å². The van der Waals surface area contributed by atoms with Gasteiger partial charge in [0, 0.05) is 18.7 Å². The Hall–Kier alpha value is -2.08. The molecule has 1 heterocycles. The van der Waals surface area contributed by atoms with E-state index in [9.17, 15) is 14.7 Å². The fraction of sp³-hybridized carbons (Fsp3) is 0.333. The molecule has 2 amide bonds. The highest BCUT2D eigenvalue weighted by atomic mass is 16.3. The summed E-state index contributed by atoms with van der Waals surface area (Å²) >= 11 is 0. The summed E-state index contributed by atoms with van der Waals surface area (Å²) < 4.78 is 0. The SMILES string of the molecule is O=C1CNC(C(=O)NCc2ccccc2O)CN1. The van der Waals surface area contributed by atoms with Crippen LogP contribution in [0.2, 0.25) is 0 Å². The van der Waals surface area contributed by atoms with Crippen LogP contribution in [-0.2, 0) is 16.1 Å². The Labute approximate surface area is 104 Å². The predicted molar refractivity (Wildman–Crippen MR) is 64.8 cm³/mol. The molecule has 6 nitrogen and oxygen atoms in total. The molecule has 1 aliphatic heterocycles. The van der Waals surface area contributed by atoms with Crippen LogP contribution < -0.4 is 16.0 Å². The van der Waals surface area contributed by atoms with E-state index >= 15 is 0 Å².